The Morgan fingerprint density at radius 2 is 2.27 bits per heavy atom. The van der Waals surface area contributed by atoms with Crippen LogP contribution in [0.3, 0.4) is 0 Å². The molecule has 0 aliphatic carbocycles. The Morgan fingerprint density at radius 3 is 2.73 bits per heavy atom. The normalized spacial score (nSPS) is 10.6. The van der Waals surface area contributed by atoms with Crippen molar-refractivity contribution in [3.05, 3.63) is 11.0 Å². The Hall–Kier alpha value is -1.21. The van der Waals surface area contributed by atoms with E-state index in [4.69, 9.17) is 12.2 Å². The van der Waals surface area contributed by atoms with Crippen LogP contribution in [-0.2, 0) is 7.05 Å². The molecule has 2 aromatic heterocycles. The number of thiazole rings is 1. The van der Waals surface area contributed by atoms with Crippen LogP contribution in [0.1, 0.15) is 0 Å². The molecule has 2 aromatic rings. The SMILES string of the molecule is CN(C)c1ncc(-c2n[nH]c(=S)n2C)s1. The Bertz CT molecular complexity index is 521. The lowest BCUT2D eigenvalue weighted by Crippen LogP contribution is -2.07. The van der Waals surface area contributed by atoms with Gasteiger partial charge < -0.3 is 9.47 Å². The minimum Gasteiger partial charge on any atom is -0.354 e. The zero-order chi connectivity index (χ0) is 11.0. The van der Waals surface area contributed by atoms with E-state index < -0.39 is 0 Å². The van der Waals surface area contributed by atoms with Crippen molar-refractivity contribution < 1.29 is 0 Å². The summed E-state index contributed by atoms with van der Waals surface area (Å²) in [6.45, 7) is 0. The summed E-state index contributed by atoms with van der Waals surface area (Å²) in [5, 5.41) is 7.87. The van der Waals surface area contributed by atoms with Gasteiger partial charge in [0.1, 0.15) is 0 Å². The molecule has 0 aliphatic heterocycles. The van der Waals surface area contributed by atoms with Crippen molar-refractivity contribution in [3.63, 3.8) is 0 Å². The van der Waals surface area contributed by atoms with E-state index in [2.05, 4.69) is 15.2 Å². The molecule has 0 radical (unpaired) electrons. The van der Waals surface area contributed by atoms with Crippen LogP contribution in [0, 0.1) is 4.77 Å². The number of H-pyrrole nitrogens is 1. The van der Waals surface area contributed by atoms with Crippen LogP contribution in [0.4, 0.5) is 5.13 Å². The Labute approximate surface area is 96.4 Å². The van der Waals surface area contributed by atoms with Crippen LogP contribution < -0.4 is 4.90 Å². The van der Waals surface area contributed by atoms with Crippen molar-refractivity contribution >= 4 is 28.7 Å². The number of anilines is 1. The molecular weight excluding hydrogens is 230 g/mol. The second-order valence-electron chi connectivity index (χ2n) is 3.31. The lowest BCUT2D eigenvalue weighted by molar-refractivity contribution is 0.903. The first-order valence-electron chi connectivity index (χ1n) is 4.34. The van der Waals surface area contributed by atoms with Crippen LogP contribution in [0.5, 0.6) is 0 Å². The largest absolute Gasteiger partial charge is 0.354 e. The highest BCUT2D eigenvalue weighted by Gasteiger charge is 2.10. The lowest BCUT2D eigenvalue weighted by Gasteiger charge is -2.04. The van der Waals surface area contributed by atoms with Gasteiger partial charge in [-0.05, 0) is 12.2 Å². The first-order chi connectivity index (χ1) is 7.09. The minimum atomic E-state index is 0.616. The van der Waals surface area contributed by atoms with E-state index in [9.17, 15) is 0 Å². The zero-order valence-corrected chi connectivity index (χ0v) is 10.3. The van der Waals surface area contributed by atoms with E-state index in [1.807, 2.05) is 36.8 Å². The molecule has 0 spiro atoms. The minimum absolute atomic E-state index is 0.616. The van der Waals surface area contributed by atoms with E-state index in [-0.39, 0.29) is 0 Å². The molecule has 2 rings (SSSR count). The highest BCUT2D eigenvalue weighted by Crippen LogP contribution is 2.28. The quantitative estimate of drug-likeness (QED) is 0.813. The summed E-state index contributed by atoms with van der Waals surface area (Å²) in [6.07, 6.45) is 1.81. The number of hydrogen-bond acceptors (Lipinski definition) is 5. The van der Waals surface area contributed by atoms with E-state index >= 15 is 0 Å². The summed E-state index contributed by atoms with van der Waals surface area (Å²) < 4.78 is 2.45. The monoisotopic (exact) mass is 241 g/mol. The van der Waals surface area contributed by atoms with Gasteiger partial charge in [-0.1, -0.05) is 11.3 Å². The average molecular weight is 241 g/mol. The summed E-state index contributed by atoms with van der Waals surface area (Å²) >= 11 is 6.64. The van der Waals surface area contributed by atoms with Crippen LogP contribution in [-0.4, -0.2) is 33.8 Å². The van der Waals surface area contributed by atoms with Crippen LogP contribution in [0.25, 0.3) is 10.7 Å². The fraction of sp³-hybridized carbons (Fsp3) is 0.375. The van der Waals surface area contributed by atoms with E-state index in [0.717, 1.165) is 15.8 Å². The van der Waals surface area contributed by atoms with Gasteiger partial charge in [-0.15, -0.1) is 0 Å². The summed E-state index contributed by atoms with van der Waals surface area (Å²) in [7, 11) is 5.81. The smallest absolute Gasteiger partial charge is 0.195 e. The highest BCUT2D eigenvalue weighted by atomic mass is 32.1. The molecule has 0 amide bonds. The van der Waals surface area contributed by atoms with Gasteiger partial charge in [-0.25, -0.2) is 4.98 Å². The fourth-order valence-electron chi connectivity index (χ4n) is 1.14. The molecule has 0 bridgehead atoms. The second kappa shape index (κ2) is 3.74. The Balaban J connectivity index is 2.46. The third-order valence-electron chi connectivity index (χ3n) is 1.98. The maximum absolute atomic E-state index is 5.05. The zero-order valence-electron chi connectivity index (χ0n) is 8.68. The van der Waals surface area contributed by atoms with Gasteiger partial charge in [0, 0.05) is 21.1 Å². The van der Waals surface area contributed by atoms with Crippen molar-refractivity contribution in [2.75, 3.05) is 19.0 Å². The van der Waals surface area contributed by atoms with Crippen LogP contribution in [0.15, 0.2) is 6.20 Å². The number of aromatic amines is 1. The number of rotatable bonds is 2. The maximum atomic E-state index is 5.05. The highest BCUT2D eigenvalue weighted by molar-refractivity contribution is 7.71. The molecule has 7 heteroatoms. The molecule has 0 aliphatic rings. The molecule has 0 fully saturated rings. The average Bonchev–Trinajstić information content (AvgIpc) is 2.76. The Morgan fingerprint density at radius 1 is 1.53 bits per heavy atom. The molecule has 80 valence electrons. The first-order valence-corrected chi connectivity index (χ1v) is 5.57. The van der Waals surface area contributed by atoms with Crippen molar-refractivity contribution in [3.8, 4) is 10.7 Å². The topological polar surface area (TPSA) is 49.7 Å². The Kier molecular flexibility index (Phi) is 2.57. The second-order valence-corrected chi connectivity index (χ2v) is 4.71. The number of nitrogens with zero attached hydrogens (tertiary/aromatic N) is 4. The fourth-order valence-corrected chi connectivity index (χ4v) is 2.14. The third-order valence-corrected chi connectivity index (χ3v) is 3.50. The van der Waals surface area contributed by atoms with E-state index in [1.165, 1.54) is 0 Å². The lowest BCUT2D eigenvalue weighted by atomic mass is 10.5. The standard InChI is InChI=1S/C8H11N5S2/c1-12(2)8-9-4-5(15-8)6-10-11-7(14)13(6)3/h4H,1-3H3,(H,11,14). The van der Waals surface area contributed by atoms with Gasteiger partial charge in [0.05, 0.1) is 11.1 Å². The van der Waals surface area contributed by atoms with Crippen molar-refractivity contribution in [2.45, 2.75) is 0 Å². The van der Waals surface area contributed by atoms with Gasteiger partial charge >= 0.3 is 0 Å². The number of nitrogens with one attached hydrogen (secondary N) is 1. The summed E-state index contributed by atoms with van der Waals surface area (Å²) in [6, 6.07) is 0. The maximum Gasteiger partial charge on any atom is 0.195 e. The van der Waals surface area contributed by atoms with Crippen molar-refractivity contribution in [1.82, 2.24) is 19.7 Å². The summed E-state index contributed by atoms with van der Waals surface area (Å²) in [5.74, 6) is 0.825. The summed E-state index contributed by atoms with van der Waals surface area (Å²) in [5.41, 5.74) is 0. The molecule has 15 heavy (non-hydrogen) atoms. The number of hydrogen-bond donors (Lipinski definition) is 1. The predicted molar refractivity (Wildman–Crippen MR) is 63.8 cm³/mol. The predicted octanol–water partition coefficient (Wildman–Crippen LogP) is 1.67. The van der Waals surface area contributed by atoms with Gasteiger partial charge in [0.25, 0.3) is 0 Å². The molecule has 2 heterocycles. The summed E-state index contributed by atoms with van der Waals surface area (Å²) in [4.78, 5) is 7.26. The molecule has 0 aromatic carbocycles. The van der Waals surface area contributed by atoms with E-state index in [0.29, 0.717) is 4.77 Å². The molecule has 0 saturated carbocycles. The number of aromatic nitrogens is 4. The first kappa shape index (κ1) is 10.3. The molecular formula is C8H11N5S2. The van der Waals surface area contributed by atoms with E-state index in [1.54, 1.807) is 11.3 Å². The molecule has 0 unspecified atom stereocenters. The van der Waals surface area contributed by atoms with Crippen LogP contribution >= 0.6 is 23.6 Å². The molecule has 0 atom stereocenters. The molecule has 0 saturated heterocycles. The van der Waals surface area contributed by atoms with Gasteiger partial charge in [0.2, 0.25) is 0 Å². The third kappa shape index (κ3) is 1.80. The van der Waals surface area contributed by atoms with Gasteiger partial charge in [-0.2, -0.15) is 5.10 Å². The molecule has 1 N–H and O–H groups in total. The van der Waals surface area contributed by atoms with Gasteiger partial charge in [-0.3, -0.25) is 5.10 Å². The van der Waals surface area contributed by atoms with Crippen LogP contribution in [0.2, 0.25) is 0 Å². The van der Waals surface area contributed by atoms with Gasteiger partial charge in [0.15, 0.2) is 15.7 Å². The van der Waals surface area contributed by atoms with Crippen molar-refractivity contribution in [2.24, 2.45) is 7.05 Å². The molecule has 5 nitrogen and oxygen atoms in total. The van der Waals surface area contributed by atoms with Crippen molar-refractivity contribution in [1.29, 1.82) is 0 Å².